The van der Waals surface area contributed by atoms with Crippen LogP contribution < -0.4 is 11.1 Å². The lowest BCUT2D eigenvalue weighted by Crippen LogP contribution is -2.32. The summed E-state index contributed by atoms with van der Waals surface area (Å²) in [7, 11) is 2.10. The van der Waals surface area contributed by atoms with E-state index in [0.717, 1.165) is 32.5 Å². The summed E-state index contributed by atoms with van der Waals surface area (Å²) in [6.45, 7) is 2.63. The normalized spacial score (nSPS) is 20.9. The summed E-state index contributed by atoms with van der Waals surface area (Å²) in [5.41, 5.74) is 7.07. The Labute approximate surface area is 127 Å². The zero-order valence-corrected chi connectivity index (χ0v) is 12.7. The van der Waals surface area contributed by atoms with Crippen LogP contribution in [0.1, 0.15) is 18.4 Å². The first-order valence-electron chi connectivity index (χ1n) is 7.59. The van der Waals surface area contributed by atoms with Crippen LogP contribution in [0.3, 0.4) is 0 Å². The van der Waals surface area contributed by atoms with Crippen LogP contribution in [0.5, 0.6) is 0 Å². The van der Waals surface area contributed by atoms with Gasteiger partial charge in [0.1, 0.15) is 0 Å². The van der Waals surface area contributed by atoms with Crippen LogP contribution >= 0.6 is 0 Å². The van der Waals surface area contributed by atoms with Crippen LogP contribution in [0, 0.1) is 5.92 Å². The van der Waals surface area contributed by atoms with Gasteiger partial charge in [0.05, 0.1) is 5.92 Å². The van der Waals surface area contributed by atoms with Crippen molar-refractivity contribution in [3.63, 3.8) is 0 Å². The second kappa shape index (κ2) is 7.96. The molecule has 21 heavy (non-hydrogen) atoms. The number of nitrogens with zero attached hydrogens (tertiary/aromatic N) is 1. The van der Waals surface area contributed by atoms with Gasteiger partial charge in [-0.2, -0.15) is 0 Å². The molecule has 1 aliphatic rings. The smallest absolute Gasteiger partial charge is 0.226 e. The minimum atomic E-state index is -0.0398. The van der Waals surface area contributed by atoms with Crippen molar-refractivity contribution in [2.24, 2.45) is 11.7 Å². The lowest BCUT2D eigenvalue weighted by molar-refractivity contribution is -0.123. The fourth-order valence-electron chi connectivity index (χ4n) is 2.59. The Kier molecular flexibility index (Phi) is 5.96. The average molecular weight is 287 g/mol. The zero-order valence-electron chi connectivity index (χ0n) is 12.7. The third kappa shape index (κ3) is 5.33. The highest BCUT2D eigenvalue weighted by molar-refractivity contribution is 5.81. The summed E-state index contributed by atoms with van der Waals surface area (Å²) in [4.78, 5) is 14.2. The van der Waals surface area contributed by atoms with Crippen molar-refractivity contribution in [3.8, 4) is 0 Å². The van der Waals surface area contributed by atoms with Gasteiger partial charge in [-0.1, -0.05) is 42.5 Å². The number of nitrogens with two attached hydrogens (primary N) is 1. The molecule has 0 heterocycles. The number of hydrogen-bond donors (Lipinski definition) is 2. The summed E-state index contributed by atoms with van der Waals surface area (Å²) < 4.78 is 0. The fourth-order valence-corrected chi connectivity index (χ4v) is 2.59. The summed E-state index contributed by atoms with van der Waals surface area (Å²) in [6.07, 6.45) is 5.52. The molecule has 0 saturated carbocycles. The third-order valence-corrected chi connectivity index (χ3v) is 3.76. The molecule has 4 nitrogen and oxygen atoms in total. The molecule has 3 N–H and O–H groups in total. The van der Waals surface area contributed by atoms with E-state index in [-0.39, 0.29) is 17.9 Å². The topological polar surface area (TPSA) is 58.4 Å². The van der Waals surface area contributed by atoms with E-state index in [1.165, 1.54) is 5.56 Å². The Bertz CT molecular complexity index is 472. The molecule has 0 aromatic heterocycles. The van der Waals surface area contributed by atoms with Gasteiger partial charge < -0.3 is 16.0 Å². The van der Waals surface area contributed by atoms with Gasteiger partial charge in [-0.3, -0.25) is 4.79 Å². The molecule has 2 unspecified atom stereocenters. The number of carbonyl (C=O) groups excluding carboxylic acids is 1. The minimum absolute atomic E-state index is 0.0396. The molecule has 1 aromatic carbocycles. The van der Waals surface area contributed by atoms with Crippen molar-refractivity contribution in [3.05, 3.63) is 48.0 Å². The Hall–Kier alpha value is -1.65. The maximum Gasteiger partial charge on any atom is 0.226 e. The quantitative estimate of drug-likeness (QED) is 0.590. The van der Waals surface area contributed by atoms with E-state index in [0.29, 0.717) is 0 Å². The molecular weight excluding hydrogens is 262 g/mol. The highest BCUT2D eigenvalue weighted by atomic mass is 16.1. The van der Waals surface area contributed by atoms with E-state index in [4.69, 9.17) is 5.73 Å². The average Bonchev–Trinajstić information content (AvgIpc) is 2.91. The largest absolute Gasteiger partial charge is 0.356 e. The number of hydrogen-bond acceptors (Lipinski definition) is 3. The molecule has 0 spiro atoms. The fraction of sp³-hybridized carbons (Fsp3) is 0.471. The van der Waals surface area contributed by atoms with Crippen LogP contribution in [-0.4, -0.2) is 37.0 Å². The molecule has 114 valence electrons. The molecule has 0 bridgehead atoms. The second-order valence-corrected chi connectivity index (χ2v) is 5.76. The van der Waals surface area contributed by atoms with E-state index in [1.807, 2.05) is 18.2 Å². The van der Waals surface area contributed by atoms with E-state index < -0.39 is 0 Å². The first kappa shape index (κ1) is 15.7. The van der Waals surface area contributed by atoms with Crippen molar-refractivity contribution in [1.82, 2.24) is 10.2 Å². The van der Waals surface area contributed by atoms with Crippen molar-refractivity contribution in [2.75, 3.05) is 20.1 Å². The van der Waals surface area contributed by atoms with Gasteiger partial charge in [0.25, 0.3) is 0 Å². The highest BCUT2D eigenvalue weighted by Crippen LogP contribution is 2.16. The molecule has 1 amide bonds. The van der Waals surface area contributed by atoms with Crippen LogP contribution in [0.2, 0.25) is 0 Å². The molecule has 1 aliphatic carbocycles. The van der Waals surface area contributed by atoms with Crippen molar-refractivity contribution in [2.45, 2.75) is 25.4 Å². The van der Waals surface area contributed by atoms with Gasteiger partial charge in [0, 0.05) is 19.1 Å². The molecule has 0 aliphatic heterocycles. The number of benzene rings is 1. The van der Waals surface area contributed by atoms with Crippen LogP contribution in [0.15, 0.2) is 42.5 Å². The number of amides is 1. The van der Waals surface area contributed by atoms with Gasteiger partial charge in [-0.15, -0.1) is 0 Å². The Morgan fingerprint density at radius 2 is 2.10 bits per heavy atom. The maximum absolute atomic E-state index is 11.9. The van der Waals surface area contributed by atoms with Crippen LogP contribution in [0.25, 0.3) is 0 Å². The maximum atomic E-state index is 11.9. The third-order valence-electron chi connectivity index (χ3n) is 3.76. The van der Waals surface area contributed by atoms with Gasteiger partial charge in [0.15, 0.2) is 0 Å². The molecule has 1 aromatic rings. The standard InChI is InChI=1S/C17H25N3O/c1-20(13-14-6-3-2-4-7-14)11-5-10-19-17(21)15-8-9-16(18)12-15/h2-4,6-9,15-16H,5,10-13,18H2,1H3,(H,19,21). The first-order chi connectivity index (χ1) is 10.1. The minimum Gasteiger partial charge on any atom is -0.356 e. The van der Waals surface area contributed by atoms with E-state index in [2.05, 4.69) is 41.5 Å². The molecule has 2 atom stereocenters. The van der Waals surface area contributed by atoms with E-state index >= 15 is 0 Å². The number of carbonyl (C=O) groups is 1. The molecule has 0 saturated heterocycles. The lowest BCUT2D eigenvalue weighted by Gasteiger charge is -2.17. The van der Waals surface area contributed by atoms with E-state index in [1.54, 1.807) is 0 Å². The van der Waals surface area contributed by atoms with E-state index in [9.17, 15) is 4.79 Å². The predicted molar refractivity (Wildman–Crippen MR) is 85.6 cm³/mol. The summed E-state index contributed by atoms with van der Waals surface area (Å²) in [5.74, 6) is 0.0620. The van der Waals surface area contributed by atoms with Crippen molar-refractivity contribution < 1.29 is 4.79 Å². The Balaban J connectivity index is 1.59. The highest BCUT2D eigenvalue weighted by Gasteiger charge is 2.21. The number of nitrogens with one attached hydrogen (secondary N) is 1. The Morgan fingerprint density at radius 1 is 1.33 bits per heavy atom. The SMILES string of the molecule is CN(CCCNC(=O)C1C=CC(N)C1)Cc1ccccc1. The Morgan fingerprint density at radius 3 is 2.76 bits per heavy atom. The molecular formula is C17H25N3O. The monoisotopic (exact) mass is 287 g/mol. The summed E-state index contributed by atoms with van der Waals surface area (Å²) in [6, 6.07) is 10.5. The van der Waals surface area contributed by atoms with Crippen molar-refractivity contribution in [1.29, 1.82) is 0 Å². The molecule has 4 heteroatoms. The second-order valence-electron chi connectivity index (χ2n) is 5.76. The first-order valence-corrected chi connectivity index (χ1v) is 7.59. The van der Waals surface area contributed by atoms with Gasteiger partial charge in [0.2, 0.25) is 5.91 Å². The summed E-state index contributed by atoms with van der Waals surface area (Å²) in [5, 5.41) is 2.99. The predicted octanol–water partition coefficient (Wildman–Crippen LogP) is 1.53. The van der Waals surface area contributed by atoms with Gasteiger partial charge >= 0.3 is 0 Å². The zero-order chi connectivity index (χ0) is 15.1. The van der Waals surface area contributed by atoms with Crippen molar-refractivity contribution >= 4 is 5.91 Å². The van der Waals surface area contributed by atoms with Crippen LogP contribution in [-0.2, 0) is 11.3 Å². The molecule has 0 fully saturated rings. The summed E-state index contributed by atoms with van der Waals surface area (Å²) >= 11 is 0. The lowest BCUT2D eigenvalue weighted by atomic mass is 10.1. The van der Waals surface area contributed by atoms with Crippen LogP contribution in [0.4, 0.5) is 0 Å². The van der Waals surface area contributed by atoms with Gasteiger partial charge in [-0.05, 0) is 32.0 Å². The molecule has 0 radical (unpaired) electrons. The molecule has 2 rings (SSSR count). The number of rotatable bonds is 7. The van der Waals surface area contributed by atoms with Gasteiger partial charge in [-0.25, -0.2) is 0 Å².